The average Bonchev–Trinajstić information content (AvgIpc) is 2.56. The summed E-state index contributed by atoms with van der Waals surface area (Å²) in [7, 11) is 5.46. The summed E-state index contributed by atoms with van der Waals surface area (Å²) < 4.78 is 12.6. The van der Waals surface area contributed by atoms with E-state index in [0.717, 1.165) is 5.69 Å². The molecule has 0 aliphatic rings. The maximum Gasteiger partial charge on any atom is 0.186 e. The predicted octanol–water partition coefficient (Wildman–Crippen LogP) is 1.82. The van der Waals surface area contributed by atoms with E-state index in [0.29, 0.717) is 10.7 Å². The largest absolute Gasteiger partial charge is 0.332 e. The minimum atomic E-state index is -0.255. The molecule has 0 spiro atoms. The molecule has 0 aliphatic heterocycles. The molecule has 0 amide bonds. The normalized spacial score (nSPS) is 10.1. The highest BCUT2D eigenvalue weighted by Crippen LogP contribution is 2.17. The summed E-state index contributed by atoms with van der Waals surface area (Å²) in [5.74, 6) is -0.255. The smallest absolute Gasteiger partial charge is 0.186 e. The number of aromatic nitrogens is 1. The molecular formula is C9H6BFN2S. The zero-order chi connectivity index (χ0) is 9.97. The maximum absolute atomic E-state index is 12.6. The molecule has 14 heavy (non-hydrogen) atoms. The van der Waals surface area contributed by atoms with Crippen LogP contribution in [0.3, 0.4) is 0 Å². The van der Waals surface area contributed by atoms with Crippen molar-refractivity contribution in [1.29, 1.82) is 0 Å². The molecule has 0 atom stereocenters. The number of anilines is 2. The van der Waals surface area contributed by atoms with Crippen molar-refractivity contribution in [3.63, 3.8) is 0 Å². The fourth-order valence-corrected chi connectivity index (χ4v) is 1.62. The summed E-state index contributed by atoms with van der Waals surface area (Å²) in [5.41, 5.74) is 1.28. The first-order valence-corrected chi connectivity index (χ1v) is 4.85. The molecule has 0 bridgehead atoms. The summed E-state index contributed by atoms with van der Waals surface area (Å²) in [6.45, 7) is 0. The van der Waals surface area contributed by atoms with Crippen LogP contribution < -0.4 is 10.9 Å². The van der Waals surface area contributed by atoms with E-state index in [1.165, 1.54) is 23.5 Å². The van der Waals surface area contributed by atoms with Crippen molar-refractivity contribution >= 4 is 35.6 Å². The van der Waals surface area contributed by atoms with Crippen LogP contribution in [0.15, 0.2) is 29.6 Å². The molecule has 1 heterocycles. The van der Waals surface area contributed by atoms with Crippen LogP contribution in [-0.4, -0.2) is 12.8 Å². The van der Waals surface area contributed by atoms with E-state index in [9.17, 15) is 4.39 Å². The van der Waals surface area contributed by atoms with Crippen LogP contribution in [0.2, 0.25) is 0 Å². The lowest BCUT2D eigenvalue weighted by molar-refractivity contribution is 0.628. The molecule has 2 rings (SSSR count). The molecule has 5 heteroatoms. The maximum atomic E-state index is 12.6. The van der Waals surface area contributed by atoms with Crippen LogP contribution in [0.1, 0.15) is 0 Å². The molecule has 0 fully saturated rings. The van der Waals surface area contributed by atoms with Crippen LogP contribution in [-0.2, 0) is 0 Å². The average molecular weight is 204 g/mol. The molecule has 1 N–H and O–H groups in total. The van der Waals surface area contributed by atoms with Gasteiger partial charge in [-0.15, -0.1) is 11.3 Å². The first-order valence-electron chi connectivity index (χ1n) is 3.97. The number of nitrogens with one attached hydrogen (secondary N) is 1. The van der Waals surface area contributed by atoms with Crippen LogP contribution in [0.5, 0.6) is 0 Å². The van der Waals surface area contributed by atoms with E-state index >= 15 is 0 Å². The Labute approximate surface area is 86.2 Å². The zero-order valence-corrected chi connectivity index (χ0v) is 8.01. The van der Waals surface area contributed by atoms with E-state index in [4.69, 9.17) is 7.85 Å². The Bertz CT molecular complexity index is 427. The van der Waals surface area contributed by atoms with E-state index < -0.39 is 0 Å². The summed E-state index contributed by atoms with van der Waals surface area (Å²) >= 11 is 1.41. The summed E-state index contributed by atoms with van der Waals surface area (Å²) in [4.78, 5) is 4.02. The molecule has 0 aliphatic carbocycles. The van der Waals surface area contributed by atoms with Gasteiger partial charge < -0.3 is 5.32 Å². The second-order valence-electron chi connectivity index (χ2n) is 2.71. The third kappa shape index (κ3) is 2.11. The number of hydrogen-bond acceptors (Lipinski definition) is 3. The van der Waals surface area contributed by atoms with Crippen molar-refractivity contribution in [1.82, 2.24) is 4.98 Å². The van der Waals surface area contributed by atoms with Gasteiger partial charge in [0.1, 0.15) is 13.7 Å². The predicted molar refractivity (Wildman–Crippen MR) is 57.2 cm³/mol. The number of rotatable bonds is 2. The van der Waals surface area contributed by atoms with Crippen molar-refractivity contribution in [3.8, 4) is 0 Å². The summed E-state index contributed by atoms with van der Waals surface area (Å²) in [6, 6.07) is 6.07. The standard InChI is InChI=1S/C9H6BFN2S/c10-8-5-14-9(13-8)12-7-3-1-6(11)2-4-7/h1-5H,(H,12,13). The Kier molecular flexibility index (Phi) is 2.50. The number of thiazole rings is 1. The monoisotopic (exact) mass is 204 g/mol. The van der Waals surface area contributed by atoms with Gasteiger partial charge in [0.05, 0.1) is 0 Å². The number of benzene rings is 1. The van der Waals surface area contributed by atoms with E-state index in [1.54, 1.807) is 17.5 Å². The van der Waals surface area contributed by atoms with Crippen molar-refractivity contribution in [2.45, 2.75) is 0 Å². The Morgan fingerprint density at radius 2 is 2.00 bits per heavy atom. The Morgan fingerprint density at radius 1 is 1.29 bits per heavy atom. The highest BCUT2D eigenvalue weighted by Gasteiger charge is 1.98. The van der Waals surface area contributed by atoms with Gasteiger partial charge in [-0.3, -0.25) is 0 Å². The first kappa shape index (κ1) is 9.21. The van der Waals surface area contributed by atoms with Crippen LogP contribution >= 0.6 is 11.3 Å². The Morgan fingerprint density at radius 3 is 2.57 bits per heavy atom. The summed E-state index contributed by atoms with van der Waals surface area (Å²) in [5, 5.41) is 5.46. The van der Waals surface area contributed by atoms with Crippen molar-refractivity contribution in [3.05, 3.63) is 35.5 Å². The molecule has 68 valence electrons. The topological polar surface area (TPSA) is 24.9 Å². The van der Waals surface area contributed by atoms with Gasteiger partial charge in [-0.05, 0) is 24.3 Å². The number of hydrogen-bond donors (Lipinski definition) is 1. The first-order chi connectivity index (χ1) is 6.74. The SMILES string of the molecule is [B]c1csc(Nc2ccc(F)cc2)n1. The Balaban J connectivity index is 2.15. The molecule has 2 nitrogen and oxygen atoms in total. The van der Waals surface area contributed by atoms with Gasteiger partial charge in [0.15, 0.2) is 5.13 Å². The molecule has 0 unspecified atom stereocenters. The summed E-state index contributed by atoms with van der Waals surface area (Å²) in [6.07, 6.45) is 0. The molecule has 0 saturated heterocycles. The molecule has 2 radical (unpaired) electrons. The van der Waals surface area contributed by atoms with Gasteiger partial charge in [0.2, 0.25) is 0 Å². The fourth-order valence-electron chi connectivity index (χ4n) is 1.00. The fraction of sp³-hybridized carbons (Fsp3) is 0. The minimum absolute atomic E-state index is 0.255. The lowest BCUT2D eigenvalue weighted by Crippen LogP contribution is -2.01. The third-order valence-corrected chi connectivity index (χ3v) is 2.39. The second kappa shape index (κ2) is 3.80. The lowest BCUT2D eigenvalue weighted by atomic mass is 10.1. The quantitative estimate of drug-likeness (QED) is 0.754. The van der Waals surface area contributed by atoms with Crippen molar-refractivity contribution in [2.75, 3.05) is 5.32 Å². The highest BCUT2D eigenvalue weighted by atomic mass is 32.1. The molecule has 2 aromatic rings. The van der Waals surface area contributed by atoms with Gasteiger partial charge in [-0.25, -0.2) is 9.37 Å². The van der Waals surface area contributed by atoms with Gasteiger partial charge in [0.25, 0.3) is 0 Å². The van der Waals surface area contributed by atoms with Gasteiger partial charge in [0, 0.05) is 16.7 Å². The number of nitrogens with zero attached hydrogens (tertiary/aromatic N) is 1. The van der Waals surface area contributed by atoms with Gasteiger partial charge in [-0.1, -0.05) is 0 Å². The van der Waals surface area contributed by atoms with Gasteiger partial charge >= 0.3 is 0 Å². The lowest BCUT2D eigenvalue weighted by Gasteiger charge is -2.00. The van der Waals surface area contributed by atoms with E-state index in [1.807, 2.05) is 0 Å². The third-order valence-electron chi connectivity index (χ3n) is 1.62. The number of halogens is 1. The van der Waals surface area contributed by atoms with Crippen molar-refractivity contribution in [2.24, 2.45) is 0 Å². The second-order valence-corrected chi connectivity index (χ2v) is 3.57. The highest BCUT2D eigenvalue weighted by molar-refractivity contribution is 7.14. The molecule has 1 aromatic heterocycles. The van der Waals surface area contributed by atoms with E-state index in [-0.39, 0.29) is 5.82 Å². The van der Waals surface area contributed by atoms with E-state index in [2.05, 4.69) is 10.3 Å². The minimum Gasteiger partial charge on any atom is -0.332 e. The van der Waals surface area contributed by atoms with Gasteiger partial charge in [-0.2, -0.15) is 0 Å². The zero-order valence-electron chi connectivity index (χ0n) is 7.20. The van der Waals surface area contributed by atoms with Crippen LogP contribution in [0.4, 0.5) is 15.2 Å². The van der Waals surface area contributed by atoms with Crippen LogP contribution in [0, 0.1) is 5.82 Å². The molecular weight excluding hydrogens is 198 g/mol. The molecule has 0 saturated carbocycles. The Hall–Kier alpha value is -1.36. The van der Waals surface area contributed by atoms with Crippen LogP contribution in [0.25, 0.3) is 0 Å². The molecule has 1 aromatic carbocycles. The van der Waals surface area contributed by atoms with Crippen molar-refractivity contribution < 1.29 is 4.39 Å².